The Hall–Kier alpha value is -1.08. The maximum atomic E-state index is 12.0. The molecule has 1 aliphatic heterocycles. The van der Waals surface area contributed by atoms with Crippen molar-refractivity contribution in [3.63, 3.8) is 0 Å². The molecule has 7 heteroatoms. The van der Waals surface area contributed by atoms with Gasteiger partial charge in [-0.1, -0.05) is 5.16 Å². The number of rotatable bonds is 4. The second kappa shape index (κ2) is 6.13. The molecule has 1 unspecified atom stereocenters. The van der Waals surface area contributed by atoms with E-state index in [4.69, 9.17) is 9.26 Å². The predicted octanol–water partition coefficient (Wildman–Crippen LogP) is 1.63. The molecule has 0 aromatic carbocycles. The summed E-state index contributed by atoms with van der Waals surface area (Å²) in [4.78, 5) is 18.6. The van der Waals surface area contributed by atoms with Crippen LogP contribution < -0.4 is 0 Å². The molecule has 1 aliphatic rings. The fraction of sp³-hybridized carbons (Fsp3) is 0.769. The highest BCUT2D eigenvalue weighted by atomic mass is 32.2. The summed E-state index contributed by atoms with van der Waals surface area (Å²) in [5, 5.41) is 4.05. The van der Waals surface area contributed by atoms with Gasteiger partial charge < -0.3 is 9.26 Å². The molecule has 0 spiro atoms. The first kappa shape index (κ1) is 15.3. The average molecular weight is 299 g/mol. The zero-order valence-corrected chi connectivity index (χ0v) is 13.2. The Morgan fingerprint density at radius 3 is 3.00 bits per heavy atom. The van der Waals surface area contributed by atoms with Crippen molar-refractivity contribution < 1.29 is 14.1 Å². The molecule has 0 aliphatic carbocycles. The molecular formula is C13H21N3O3S. The third-order valence-corrected chi connectivity index (χ3v) is 4.48. The molecule has 1 fully saturated rings. The van der Waals surface area contributed by atoms with Crippen LogP contribution in [-0.4, -0.2) is 52.7 Å². The Balaban J connectivity index is 2.17. The first-order chi connectivity index (χ1) is 9.46. The van der Waals surface area contributed by atoms with Crippen LogP contribution in [0.1, 0.15) is 38.5 Å². The van der Waals surface area contributed by atoms with Crippen molar-refractivity contribution in [2.45, 2.75) is 32.2 Å². The highest BCUT2D eigenvalue weighted by molar-refractivity contribution is 7.99. The van der Waals surface area contributed by atoms with Crippen molar-refractivity contribution in [1.29, 1.82) is 0 Å². The molecule has 112 valence electrons. The van der Waals surface area contributed by atoms with E-state index in [0.717, 1.165) is 18.1 Å². The Bertz CT molecular complexity index is 475. The van der Waals surface area contributed by atoms with Crippen LogP contribution in [0.4, 0.5) is 0 Å². The largest absolute Gasteiger partial charge is 0.465 e. The topological polar surface area (TPSA) is 68.5 Å². The van der Waals surface area contributed by atoms with Gasteiger partial charge in [0.25, 0.3) is 0 Å². The third kappa shape index (κ3) is 2.98. The van der Waals surface area contributed by atoms with Gasteiger partial charge in [0, 0.05) is 18.1 Å². The zero-order chi connectivity index (χ0) is 14.8. The monoisotopic (exact) mass is 299 g/mol. The van der Waals surface area contributed by atoms with E-state index in [0.29, 0.717) is 18.3 Å². The third-order valence-electron chi connectivity index (χ3n) is 3.46. The van der Waals surface area contributed by atoms with Crippen molar-refractivity contribution in [1.82, 2.24) is 15.0 Å². The molecule has 0 bridgehead atoms. The second-order valence-corrected chi connectivity index (χ2v) is 6.52. The summed E-state index contributed by atoms with van der Waals surface area (Å²) in [7, 11) is 2.05. The number of aromatic nitrogens is 2. The number of nitrogens with zero attached hydrogens (tertiary/aromatic N) is 3. The standard InChI is InChI=1S/C13H21N3O3S/c1-5-18-12(17)13(2,3)11-14-10(15-19-11)9-8-20-7-6-16(9)4/h9H,5-8H2,1-4H3. The summed E-state index contributed by atoms with van der Waals surface area (Å²) in [6.07, 6.45) is 0. The molecule has 0 amide bonds. The van der Waals surface area contributed by atoms with E-state index in [1.807, 2.05) is 11.8 Å². The van der Waals surface area contributed by atoms with Gasteiger partial charge in [-0.15, -0.1) is 0 Å². The van der Waals surface area contributed by atoms with Crippen molar-refractivity contribution >= 4 is 17.7 Å². The van der Waals surface area contributed by atoms with Crippen molar-refractivity contribution in [3.8, 4) is 0 Å². The van der Waals surface area contributed by atoms with Crippen molar-refractivity contribution in [2.24, 2.45) is 0 Å². The van der Waals surface area contributed by atoms with Crippen LogP contribution in [0.3, 0.4) is 0 Å². The number of esters is 1. The number of carbonyl (C=O) groups is 1. The molecule has 2 rings (SSSR count). The zero-order valence-electron chi connectivity index (χ0n) is 12.4. The Labute approximate surface area is 123 Å². The maximum Gasteiger partial charge on any atom is 0.321 e. The summed E-state index contributed by atoms with van der Waals surface area (Å²) in [6, 6.07) is 0.143. The van der Waals surface area contributed by atoms with Gasteiger partial charge in [-0.2, -0.15) is 16.7 Å². The highest BCUT2D eigenvalue weighted by Crippen LogP contribution is 2.29. The first-order valence-electron chi connectivity index (χ1n) is 6.76. The van der Waals surface area contributed by atoms with Gasteiger partial charge in [-0.05, 0) is 27.8 Å². The average Bonchev–Trinajstić information content (AvgIpc) is 2.89. The van der Waals surface area contributed by atoms with E-state index in [1.54, 1.807) is 20.8 Å². The Morgan fingerprint density at radius 1 is 1.60 bits per heavy atom. The van der Waals surface area contributed by atoms with E-state index in [1.165, 1.54) is 0 Å². The normalized spacial score (nSPS) is 20.9. The van der Waals surface area contributed by atoms with Gasteiger partial charge in [-0.25, -0.2) is 0 Å². The van der Waals surface area contributed by atoms with Crippen LogP contribution >= 0.6 is 11.8 Å². The molecule has 1 saturated heterocycles. The lowest BCUT2D eigenvalue weighted by atomic mass is 9.94. The number of hydrogen-bond acceptors (Lipinski definition) is 7. The van der Waals surface area contributed by atoms with E-state index in [2.05, 4.69) is 22.1 Å². The smallest absolute Gasteiger partial charge is 0.321 e. The van der Waals surface area contributed by atoms with E-state index >= 15 is 0 Å². The van der Waals surface area contributed by atoms with E-state index in [-0.39, 0.29) is 12.0 Å². The van der Waals surface area contributed by atoms with Gasteiger partial charge in [0.15, 0.2) is 5.82 Å². The molecule has 1 aromatic heterocycles. The summed E-state index contributed by atoms with van der Waals surface area (Å²) >= 11 is 1.88. The molecule has 0 radical (unpaired) electrons. The lowest BCUT2D eigenvalue weighted by molar-refractivity contribution is -0.149. The number of hydrogen-bond donors (Lipinski definition) is 0. The molecule has 0 N–H and O–H groups in total. The number of ether oxygens (including phenoxy) is 1. The second-order valence-electron chi connectivity index (χ2n) is 5.37. The minimum atomic E-state index is -0.915. The van der Waals surface area contributed by atoms with Gasteiger partial charge >= 0.3 is 5.97 Å². The van der Waals surface area contributed by atoms with Gasteiger partial charge in [0.1, 0.15) is 5.41 Å². The highest BCUT2D eigenvalue weighted by Gasteiger charge is 2.38. The Kier molecular flexibility index (Phi) is 4.70. The van der Waals surface area contributed by atoms with Crippen molar-refractivity contribution in [2.75, 3.05) is 31.7 Å². The van der Waals surface area contributed by atoms with Gasteiger partial charge in [0.05, 0.1) is 12.6 Å². The van der Waals surface area contributed by atoms with Crippen molar-refractivity contribution in [3.05, 3.63) is 11.7 Å². The molecule has 1 atom stereocenters. The first-order valence-corrected chi connectivity index (χ1v) is 7.91. The van der Waals surface area contributed by atoms with Crippen LogP contribution in [0.5, 0.6) is 0 Å². The minimum absolute atomic E-state index is 0.143. The summed E-state index contributed by atoms with van der Waals surface area (Å²) in [6.45, 7) is 6.59. The van der Waals surface area contributed by atoms with E-state index < -0.39 is 5.41 Å². The summed E-state index contributed by atoms with van der Waals surface area (Å²) in [5.41, 5.74) is -0.915. The lowest BCUT2D eigenvalue weighted by Crippen LogP contribution is -2.34. The van der Waals surface area contributed by atoms with Crippen LogP contribution in [0, 0.1) is 0 Å². The summed E-state index contributed by atoms with van der Waals surface area (Å²) < 4.78 is 10.4. The number of thioether (sulfide) groups is 1. The van der Waals surface area contributed by atoms with Crippen LogP contribution in [0.2, 0.25) is 0 Å². The van der Waals surface area contributed by atoms with Gasteiger partial charge in [0.2, 0.25) is 5.89 Å². The maximum absolute atomic E-state index is 12.0. The molecule has 1 aromatic rings. The molecule has 20 heavy (non-hydrogen) atoms. The minimum Gasteiger partial charge on any atom is -0.465 e. The fourth-order valence-electron chi connectivity index (χ4n) is 1.98. The predicted molar refractivity (Wildman–Crippen MR) is 76.7 cm³/mol. The van der Waals surface area contributed by atoms with Crippen LogP contribution in [0.15, 0.2) is 4.52 Å². The molecule has 6 nitrogen and oxygen atoms in total. The summed E-state index contributed by atoms with van der Waals surface area (Å²) in [5.74, 6) is 2.67. The SMILES string of the molecule is CCOC(=O)C(C)(C)c1nc(C2CSCCN2C)no1. The van der Waals surface area contributed by atoms with E-state index in [9.17, 15) is 4.79 Å². The fourth-order valence-corrected chi connectivity index (χ4v) is 3.19. The quantitative estimate of drug-likeness (QED) is 0.783. The molecular weight excluding hydrogens is 278 g/mol. The lowest BCUT2D eigenvalue weighted by Gasteiger charge is -2.29. The van der Waals surface area contributed by atoms with Crippen LogP contribution in [-0.2, 0) is 14.9 Å². The molecule has 2 heterocycles. The van der Waals surface area contributed by atoms with Gasteiger partial charge in [-0.3, -0.25) is 9.69 Å². The van der Waals surface area contributed by atoms with Crippen LogP contribution in [0.25, 0.3) is 0 Å². The number of carbonyl (C=O) groups excluding carboxylic acids is 1. The Morgan fingerprint density at radius 2 is 2.35 bits per heavy atom. The molecule has 0 saturated carbocycles.